The summed E-state index contributed by atoms with van der Waals surface area (Å²) in [5.74, 6) is -0.306. The fourth-order valence-corrected chi connectivity index (χ4v) is 2.30. The average Bonchev–Trinajstić information content (AvgIpc) is 3.13. The number of carbonyl (C=O) groups excluding carboxylic acids is 1. The lowest BCUT2D eigenvalue weighted by molar-refractivity contribution is 0.0949. The topological polar surface area (TPSA) is 137 Å². The van der Waals surface area contributed by atoms with Crippen molar-refractivity contribution in [2.75, 3.05) is 5.73 Å². The van der Waals surface area contributed by atoms with E-state index in [0.29, 0.717) is 5.69 Å². The van der Waals surface area contributed by atoms with Crippen molar-refractivity contribution < 1.29 is 9.42 Å². The first kappa shape index (κ1) is 15.8. The largest absolute Gasteiger partial charge is 0.378 e. The molecule has 3 rings (SSSR count). The van der Waals surface area contributed by atoms with E-state index in [2.05, 4.69) is 51.7 Å². The van der Waals surface area contributed by atoms with Gasteiger partial charge in [0.25, 0.3) is 5.91 Å². The molecule has 2 aromatic heterocycles. The summed E-state index contributed by atoms with van der Waals surface area (Å²) in [5.41, 5.74) is 9.33. The number of halogens is 1. The second kappa shape index (κ2) is 6.58. The van der Waals surface area contributed by atoms with Crippen LogP contribution in [-0.2, 0) is 0 Å². The van der Waals surface area contributed by atoms with Crippen LogP contribution in [0.15, 0.2) is 38.5 Å². The maximum Gasteiger partial charge on any atom is 0.293 e. The van der Waals surface area contributed by atoms with Gasteiger partial charge in [-0.15, -0.1) is 5.10 Å². The number of nitrogens with one attached hydrogen (secondary N) is 1. The highest BCUT2D eigenvalue weighted by Crippen LogP contribution is 2.14. The Balaban J connectivity index is 1.74. The van der Waals surface area contributed by atoms with Gasteiger partial charge in [-0.3, -0.25) is 4.79 Å². The first-order valence-electron chi connectivity index (χ1n) is 6.66. The van der Waals surface area contributed by atoms with E-state index in [-0.39, 0.29) is 17.3 Å². The summed E-state index contributed by atoms with van der Waals surface area (Å²) in [6, 6.07) is 7.46. The van der Waals surface area contributed by atoms with Gasteiger partial charge in [0.2, 0.25) is 11.6 Å². The van der Waals surface area contributed by atoms with Crippen molar-refractivity contribution >= 4 is 33.9 Å². The van der Waals surface area contributed by atoms with Crippen molar-refractivity contribution in [2.45, 2.75) is 6.92 Å². The monoisotopic (exact) mass is 390 g/mol. The molecule has 0 aliphatic carbocycles. The number of hydrogen-bond acceptors (Lipinski definition) is 8. The summed E-state index contributed by atoms with van der Waals surface area (Å²) in [6.07, 6.45) is 1.52. The number of benzene rings is 1. The van der Waals surface area contributed by atoms with Crippen LogP contribution in [0.25, 0.3) is 5.82 Å². The van der Waals surface area contributed by atoms with Gasteiger partial charge in [0.1, 0.15) is 0 Å². The summed E-state index contributed by atoms with van der Waals surface area (Å²) in [4.78, 5) is 12.1. The number of rotatable bonds is 4. The van der Waals surface area contributed by atoms with Gasteiger partial charge in [0.05, 0.1) is 11.9 Å². The molecule has 0 spiro atoms. The number of nitrogen functional groups attached to an aromatic ring is 1. The van der Waals surface area contributed by atoms with Crippen LogP contribution >= 0.6 is 15.9 Å². The minimum atomic E-state index is -0.514. The lowest BCUT2D eigenvalue weighted by atomic mass is 10.2. The quantitative estimate of drug-likeness (QED) is 0.501. The van der Waals surface area contributed by atoms with Gasteiger partial charge in [0.15, 0.2) is 5.69 Å². The van der Waals surface area contributed by atoms with Crippen LogP contribution in [0.3, 0.4) is 0 Å². The van der Waals surface area contributed by atoms with E-state index >= 15 is 0 Å². The summed E-state index contributed by atoms with van der Waals surface area (Å²) >= 11 is 3.36. The second-order valence-corrected chi connectivity index (χ2v) is 5.58. The Morgan fingerprint density at radius 3 is 3.00 bits per heavy atom. The molecule has 0 radical (unpaired) electrons. The van der Waals surface area contributed by atoms with E-state index in [1.54, 1.807) is 6.92 Å². The van der Waals surface area contributed by atoms with E-state index in [0.717, 1.165) is 10.0 Å². The van der Waals surface area contributed by atoms with Crippen LogP contribution in [-0.4, -0.2) is 37.4 Å². The number of carbonyl (C=O) groups is 1. The number of hydrogen-bond donors (Lipinski definition) is 2. The van der Waals surface area contributed by atoms with Crippen LogP contribution in [0.4, 0.5) is 5.82 Å². The van der Waals surface area contributed by atoms with E-state index in [1.807, 2.05) is 24.3 Å². The highest BCUT2D eigenvalue weighted by atomic mass is 79.9. The second-order valence-electron chi connectivity index (χ2n) is 4.66. The number of nitrogens with zero attached hydrogens (tertiary/aromatic N) is 6. The van der Waals surface area contributed by atoms with Crippen LogP contribution in [0.2, 0.25) is 0 Å². The molecule has 1 amide bonds. The molecule has 11 heteroatoms. The van der Waals surface area contributed by atoms with Crippen molar-refractivity contribution in [3.63, 3.8) is 0 Å². The maximum atomic E-state index is 12.1. The SMILES string of the molecule is Cc1c(C(=O)N/N=C/c2cccc(Br)c2)nnn1-c1nonc1N. The van der Waals surface area contributed by atoms with Gasteiger partial charge in [-0.1, -0.05) is 33.3 Å². The zero-order chi connectivity index (χ0) is 17.1. The molecule has 1 aromatic carbocycles. The van der Waals surface area contributed by atoms with Crippen LogP contribution < -0.4 is 11.2 Å². The molecule has 10 nitrogen and oxygen atoms in total. The summed E-state index contributed by atoms with van der Waals surface area (Å²) < 4.78 is 6.68. The Bertz CT molecular complexity index is 916. The molecule has 3 aromatic rings. The number of aromatic nitrogens is 5. The number of hydrazone groups is 1. The molecule has 122 valence electrons. The molecular formula is C13H11BrN8O2. The molecule has 0 saturated heterocycles. The lowest BCUT2D eigenvalue weighted by Gasteiger charge is -1.99. The van der Waals surface area contributed by atoms with Crippen LogP contribution in [0.1, 0.15) is 21.7 Å². The zero-order valence-corrected chi connectivity index (χ0v) is 13.9. The molecule has 3 N–H and O–H groups in total. The molecule has 0 unspecified atom stereocenters. The van der Waals surface area contributed by atoms with Gasteiger partial charge < -0.3 is 5.73 Å². The van der Waals surface area contributed by atoms with Crippen LogP contribution in [0.5, 0.6) is 0 Å². The van der Waals surface area contributed by atoms with Gasteiger partial charge in [-0.2, -0.15) is 9.78 Å². The van der Waals surface area contributed by atoms with Crippen molar-refractivity contribution in [1.82, 2.24) is 30.7 Å². The number of anilines is 1. The normalized spacial score (nSPS) is 11.1. The predicted octanol–water partition coefficient (Wildman–Crippen LogP) is 1.07. The van der Waals surface area contributed by atoms with Crippen molar-refractivity contribution in [2.24, 2.45) is 5.10 Å². The maximum absolute atomic E-state index is 12.1. The third-order valence-corrected chi connectivity index (χ3v) is 3.53. The molecular weight excluding hydrogens is 380 g/mol. The minimum absolute atomic E-state index is 0.0441. The highest BCUT2D eigenvalue weighted by Gasteiger charge is 2.20. The van der Waals surface area contributed by atoms with Crippen molar-refractivity contribution in [1.29, 1.82) is 0 Å². The fraction of sp³-hybridized carbons (Fsp3) is 0.0769. The minimum Gasteiger partial charge on any atom is -0.378 e. The lowest BCUT2D eigenvalue weighted by Crippen LogP contribution is -2.19. The third kappa shape index (κ3) is 3.15. The number of amides is 1. The molecule has 24 heavy (non-hydrogen) atoms. The van der Waals surface area contributed by atoms with E-state index in [9.17, 15) is 4.79 Å². The van der Waals surface area contributed by atoms with E-state index in [1.165, 1.54) is 10.9 Å². The van der Waals surface area contributed by atoms with Crippen LogP contribution in [0, 0.1) is 6.92 Å². The first-order chi connectivity index (χ1) is 11.6. The fourth-order valence-electron chi connectivity index (χ4n) is 1.88. The Morgan fingerprint density at radius 2 is 2.29 bits per heavy atom. The predicted molar refractivity (Wildman–Crippen MR) is 87.6 cm³/mol. The first-order valence-corrected chi connectivity index (χ1v) is 7.45. The van der Waals surface area contributed by atoms with E-state index < -0.39 is 5.91 Å². The van der Waals surface area contributed by atoms with E-state index in [4.69, 9.17) is 5.73 Å². The van der Waals surface area contributed by atoms with Gasteiger partial charge >= 0.3 is 0 Å². The van der Waals surface area contributed by atoms with Gasteiger partial charge in [-0.05, 0) is 34.9 Å². The van der Waals surface area contributed by atoms with Gasteiger partial charge in [-0.25, -0.2) is 10.1 Å². The molecule has 0 fully saturated rings. The molecule has 0 atom stereocenters. The average molecular weight is 391 g/mol. The number of nitrogens with two attached hydrogens (primary N) is 1. The third-order valence-electron chi connectivity index (χ3n) is 3.03. The Labute approximate surface area is 143 Å². The Hall–Kier alpha value is -3.08. The van der Waals surface area contributed by atoms with Crippen molar-refractivity contribution in [3.05, 3.63) is 45.7 Å². The Kier molecular flexibility index (Phi) is 4.33. The summed E-state index contributed by atoms with van der Waals surface area (Å²) in [7, 11) is 0. The summed E-state index contributed by atoms with van der Waals surface area (Å²) in [5, 5.41) is 18.6. The zero-order valence-electron chi connectivity index (χ0n) is 12.3. The molecule has 0 aliphatic heterocycles. The Morgan fingerprint density at radius 1 is 1.46 bits per heavy atom. The molecule has 0 bridgehead atoms. The molecule has 0 aliphatic rings. The molecule has 0 saturated carbocycles. The summed E-state index contributed by atoms with van der Waals surface area (Å²) in [6.45, 7) is 1.64. The standard InChI is InChI=1S/C13H11BrN8O2/c1-7-10(17-21-22(7)12-11(15)19-24-20-12)13(23)18-16-6-8-3-2-4-9(14)5-8/h2-6H,1H3,(H2,15,19)(H,18,23)/b16-6+. The smallest absolute Gasteiger partial charge is 0.293 e. The molecule has 2 heterocycles. The van der Waals surface area contributed by atoms with Gasteiger partial charge in [0, 0.05) is 4.47 Å². The van der Waals surface area contributed by atoms with Crippen molar-refractivity contribution in [3.8, 4) is 5.82 Å². The highest BCUT2D eigenvalue weighted by molar-refractivity contribution is 9.10.